The summed E-state index contributed by atoms with van der Waals surface area (Å²) in [5, 5.41) is 11.5. The van der Waals surface area contributed by atoms with E-state index in [1.54, 1.807) is 36.3 Å². The van der Waals surface area contributed by atoms with Crippen LogP contribution in [0.1, 0.15) is 11.1 Å². The minimum atomic E-state index is -0.245. The number of aromatic nitrogens is 1. The van der Waals surface area contributed by atoms with Crippen molar-refractivity contribution in [2.24, 2.45) is 0 Å². The van der Waals surface area contributed by atoms with E-state index < -0.39 is 0 Å². The van der Waals surface area contributed by atoms with E-state index in [0.717, 1.165) is 28.7 Å². The highest BCUT2D eigenvalue weighted by molar-refractivity contribution is 6.07. The number of carbonyl (C=O) groups is 1. The van der Waals surface area contributed by atoms with Crippen molar-refractivity contribution in [3.05, 3.63) is 65.7 Å². The summed E-state index contributed by atoms with van der Waals surface area (Å²) in [5.74, 6) is 1.13. The number of H-pyrrole nitrogens is 1. The number of nitrogens with zero attached hydrogens (tertiary/aromatic N) is 1. The van der Waals surface area contributed by atoms with Crippen molar-refractivity contribution in [2.45, 2.75) is 6.42 Å². The predicted octanol–water partition coefficient (Wildman–Crippen LogP) is 3.66. The number of hydrogen-bond acceptors (Lipinski definition) is 3. The molecule has 25 heavy (non-hydrogen) atoms. The first kappa shape index (κ1) is 15.3. The minimum Gasteiger partial charge on any atom is -0.507 e. The number of para-hydroxylation sites is 1. The monoisotopic (exact) mass is 334 g/mol. The van der Waals surface area contributed by atoms with Gasteiger partial charge in [0.2, 0.25) is 0 Å². The number of ether oxygens (including phenoxy) is 1. The normalized spacial score (nSPS) is 14.0. The summed E-state index contributed by atoms with van der Waals surface area (Å²) >= 11 is 0. The maximum atomic E-state index is 12.7. The van der Waals surface area contributed by atoms with Gasteiger partial charge in [-0.05, 0) is 24.6 Å². The van der Waals surface area contributed by atoms with Crippen LogP contribution < -0.4 is 9.64 Å². The number of hydrogen-bond donors (Lipinski definition) is 2. The van der Waals surface area contributed by atoms with Crippen LogP contribution in [0.15, 0.2) is 54.6 Å². The fourth-order valence-electron chi connectivity index (χ4n) is 3.29. The lowest BCUT2D eigenvalue weighted by atomic mass is 10.1. The van der Waals surface area contributed by atoms with Crippen LogP contribution in [-0.4, -0.2) is 29.7 Å². The van der Waals surface area contributed by atoms with Gasteiger partial charge < -0.3 is 14.8 Å². The molecular weight excluding hydrogens is 316 g/mol. The molecule has 1 aromatic heterocycles. The lowest BCUT2D eigenvalue weighted by molar-refractivity contribution is -0.114. The van der Waals surface area contributed by atoms with Gasteiger partial charge in [0.25, 0.3) is 5.91 Å². The van der Waals surface area contributed by atoms with E-state index in [1.165, 1.54) is 6.08 Å². The smallest absolute Gasteiger partial charge is 0.255 e. The molecule has 4 rings (SSSR count). The molecule has 1 aliphatic rings. The van der Waals surface area contributed by atoms with Crippen LogP contribution >= 0.6 is 0 Å². The Labute approximate surface area is 145 Å². The number of fused-ring (bicyclic) bond motifs is 3. The Morgan fingerprint density at radius 1 is 1.24 bits per heavy atom. The van der Waals surface area contributed by atoms with Gasteiger partial charge in [-0.1, -0.05) is 30.3 Å². The molecule has 0 radical (unpaired) electrons. The highest BCUT2D eigenvalue weighted by Crippen LogP contribution is 2.34. The molecule has 2 N–H and O–H groups in total. The Balaban J connectivity index is 1.64. The van der Waals surface area contributed by atoms with Crippen molar-refractivity contribution in [1.29, 1.82) is 0 Å². The van der Waals surface area contributed by atoms with Crippen molar-refractivity contribution in [3.8, 4) is 5.75 Å². The first-order chi connectivity index (χ1) is 12.2. The molecule has 5 heteroatoms. The quantitative estimate of drug-likeness (QED) is 0.567. The molecule has 2 aromatic carbocycles. The Hall–Kier alpha value is -3.21. The third kappa shape index (κ3) is 2.63. The second-order valence-electron chi connectivity index (χ2n) is 6.00. The van der Waals surface area contributed by atoms with Crippen LogP contribution in [0.25, 0.3) is 16.7 Å². The lowest BCUT2D eigenvalue weighted by Crippen LogP contribution is -2.27. The topological polar surface area (TPSA) is 65.6 Å². The van der Waals surface area contributed by atoms with Crippen LogP contribution in [0, 0.1) is 0 Å². The van der Waals surface area contributed by atoms with E-state index in [2.05, 4.69) is 11.1 Å². The molecule has 126 valence electrons. The summed E-state index contributed by atoms with van der Waals surface area (Å²) in [5.41, 5.74) is 2.72. The summed E-state index contributed by atoms with van der Waals surface area (Å²) in [4.78, 5) is 17.6. The lowest BCUT2D eigenvalue weighted by Gasteiger charge is -2.14. The average Bonchev–Trinajstić information content (AvgIpc) is 3.20. The van der Waals surface area contributed by atoms with E-state index in [4.69, 9.17) is 4.74 Å². The summed E-state index contributed by atoms with van der Waals surface area (Å²) in [6.45, 7) is 0.604. The Kier molecular flexibility index (Phi) is 3.69. The minimum absolute atomic E-state index is 0.0755. The van der Waals surface area contributed by atoms with Crippen molar-refractivity contribution in [3.63, 3.8) is 0 Å². The van der Waals surface area contributed by atoms with E-state index in [9.17, 15) is 9.90 Å². The Morgan fingerprint density at radius 2 is 2.08 bits per heavy atom. The molecule has 1 aliphatic heterocycles. The summed E-state index contributed by atoms with van der Waals surface area (Å²) in [6.07, 6.45) is 2.06. The number of amides is 1. The number of aromatic amines is 1. The number of rotatable bonds is 3. The summed E-state index contributed by atoms with van der Waals surface area (Å²) < 4.78 is 5.15. The number of anilines is 1. The van der Waals surface area contributed by atoms with Gasteiger partial charge in [0, 0.05) is 34.7 Å². The zero-order valence-electron chi connectivity index (χ0n) is 13.8. The van der Waals surface area contributed by atoms with E-state index >= 15 is 0 Å². The third-order valence-corrected chi connectivity index (χ3v) is 4.54. The molecule has 5 nitrogen and oxygen atoms in total. The van der Waals surface area contributed by atoms with Crippen molar-refractivity contribution in [1.82, 2.24) is 4.98 Å². The number of carbonyl (C=O) groups excluding carboxylic acids is 1. The zero-order valence-corrected chi connectivity index (χ0v) is 13.8. The van der Waals surface area contributed by atoms with Gasteiger partial charge in [-0.3, -0.25) is 9.69 Å². The Bertz CT molecular complexity index is 988. The number of methoxy groups -OCH3 is 1. The fraction of sp³-hybridized carbons (Fsp3) is 0.150. The number of nitrogens with one attached hydrogen (secondary N) is 1. The fourth-order valence-corrected chi connectivity index (χ4v) is 3.29. The molecule has 0 spiro atoms. The summed E-state index contributed by atoms with van der Waals surface area (Å²) in [6, 6.07) is 15.0. The average molecular weight is 334 g/mol. The highest BCUT2D eigenvalue weighted by atomic mass is 16.5. The number of benzene rings is 2. The highest BCUT2D eigenvalue weighted by Gasteiger charge is 2.27. The van der Waals surface area contributed by atoms with Gasteiger partial charge >= 0.3 is 0 Å². The zero-order chi connectivity index (χ0) is 17.4. The van der Waals surface area contributed by atoms with Crippen LogP contribution in [0.5, 0.6) is 5.75 Å². The molecule has 0 unspecified atom stereocenters. The first-order valence-corrected chi connectivity index (χ1v) is 8.13. The molecule has 0 saturated heterocycles. The molecule has 0 aliphatic carbocycles. The second kappa shape index (κ2) is 6.02. The molecule has 0 atom stereocenters. The third-order valence-electron chi connectivity index (χ3n) is 4.54. The van der Waals surface area contributed by atoms with E-state index in [1.807, 2.05) is 18.2 Å². The standard InChI is InChI=1S/C20H18N2O3/c1-25-14-6-4-5-13(11-14)18(23)12-19(24)22-10-9-16-15-7-2-3-8-17(15)21-20(16)22/h2-8,11-12,21,23H,9-10H2,1H3/b18-12-. The van der Waals surface area contributed by atoms with E-state index in [0.29, 0.717) is 17.9 Å². The van der Waals surface area contributed by atoms with Gasteiger partial charge in [-0.25, -0.2) is 0 Å². The Morgan fingerprint density at radius 3 is 2.92 bits per heavy atom. The first-order valence-electron chi connectivity index (χ1n) is 8.13. The molecule has 0 saturated carbocycles. The number of aliphatic hydroxyl groups excluding tert-OH is 1. The summed E-state index contributed by atoms with van der Waals surface area (Å²) in [7, 11) is 1.56. The maximum Gasteiger partial charge on any atom is 0.255 e. The van der Waals surface area contributed by atoms with Gasteiger partial charge in [0.15, 0.2) is 0 Å². The van der Waals surface area contributed by atoms with Gasteiger partial charge in [0.05, 0.1) is 7.11 Å². The van der Waals surface area contributed by atoms with Crippen molar-refractivity contribution < 1.29 is 14.6 Å². The van der Waals surface area contributed by atoms with Gasteiger partial charge in [-0.15, -0.1) is 0 Å². The number of aliphatic hydroxyl groups is 1. The van der Waals surface area contributed by atoms with Crippen molar-refractivity contribution in [2.75, 3.05) is 18.6 Å². The second-order valence-corrected chi connectivity index (χ2v) is 6.00. The molecule has 3 aromatic rings. The molecule has 1 amide bonds. The van der Waals surface area contributed by atoms with Gasteiger partial charge in [-0.2, -0.15) is 0 Å². The predicted molar refractivity (Wildman–Crippen MR) is 98.0 cm³/mol. The van der Waals surface area contributed by atoms with Crippen LogP contribution in [0.4, 0.5) is 5.82 Å². The molecule has 0 fully saturated rings. The van der Waals surface area contributed by atoms with Crippen molar-refractivity contribution >= 4 is 28.4 Å². The van der Waals surface area contributed by atoms with E-state index in [-0.39, 0.29) is 11.7 Å². The maximum absolute atomic E-state index is 12.7. The largest absolute Gasteiger partial charge is 0.507 e. The molecule has 2 heterocycles. The SMILES string of the molecule is COc1cccc(/C(O)=C/C(=O)N2CCc3c2[nH]c2ccccc32)c1. The van der Waals surface area contributed by atoms with Gasteiger partial charge in [0.1, 0.15) is 17.3 Å². The molecule has 0 bridgehead atoms. The van der Waals surface area contributed by atoms with Crippen LogP contribution in [-0.2, 0) is 11.2 Å². The molecular formula is C20H18N2O3. The van der Waals surface area contributed by atoms with Crippen LogP contribution in [0.3, 0.4) is 0 Å². The van der Waals surface area contributed by atoms with Crippen LogP contribution in [0.2, 0.25) is 0 Å².